The fourth-order valence-electron chi connectivity index (χ4n) is 3.38. The fraction of sp³-hybridized carbons (Fsp3) is 0.286. The van der Waals surface area contributed by atoms with Gasteiger partial charge in [-0.25, -0.2) is 0 Å². The van der Waals surface area contributed by atoms with Crippen molar-refractivity contribution in [3.8, 4) is 5.75 Å². The molecule has 5 nitrogen and oxygen atoms in total. The van der Waals surface area contributed by atoms with Crippen molar-refractivity contribution < 1.29 is 14.3 Å². The predicted molar refractivity (Wildman–Crippen MR) is 140 cm³/mol. The van der Waals surface area contributed by atoms with Crippen molar-refractivity contribution in [3.63, 3.8) is 0 Å². The number of anilines is 2. The zero-order valence-electron chi connectivity index (χ0n) is 20.1. The standard InChI is InChI=1S/C28H32N2O3S/c1-5-33-23-16-14-21(15-17-23)30-27(32)26(20-10-7-6-8-11-20)34-24-13-9-12-22(18-24)29-25(31)19-28(2,3)4/h6-18,26H,5,19H2,1-4H3,(H,29,31)(H,30,32). The Morgan fingerprint density at radius 2 is 1.59 bits per heavy atom. The van der Waals surface area contributed by atoms with E-state index in [-0.39, 0.29) is 17.2 Å². The SMILES string of the molecule is CCOc1ccc(NC(=O)C(Sc2cccc(NC(=O)CC(C)(C)C)c2)c2ccccc2)cc1. The van der Waals surface area contributed by atoms with E-state index in [9.17, 15) is 9.59 Å². The first kappa shape index (κ1) is 25.4. The first-order valence-electron chi connectivity index (χ1n) is 11.4. The van der Waals surface area contributed by atoms with Crippen LogP contribution in [0.3, 0.4) is 0 Å². The van der Waals surface area contributed by atoms with Gasteiger partial charge in [0, 0.05) is 22.7 Å². The summed E-state index contributed by atoms with van der Waals surface area (Å²) in [6.45, 7) is 8.63. The van der Waals surface area contributed by atoms with E-state index < -0.39 is 5.25 Å². The van der Waals surface area contributed by atoms with Crippen LogP contribution in [0.2, 0.25) is 0 Å². The van der Waals surface area contributed by atoms with Crippen LogP contribution in [0.4, 0.5) is 11.4 Å². The third-order valence-electron chi connectivity index (χ3n) is 4.84. The largest absolute Gasteiger partial charge is 0.494 e. The lowest BCUT2D eigenvalue weighted by Crippen LogP contribution is -2.20. The van der Waals surface area contributed by atoms with Gasteiger partial charge in [0.15, 0.2) is 0 Å². The molecule has 1 unspecified atom stereocenters. The molecule has 2 N–H and O–H groups in total. The Labute approximate surface area is 206 Å². The van der Waals surface area contributed by atoms with E-state index in [1.807, 2.05) is 107 Å². The van der Waals surface area contributed by atoms with E-state index in [1.54, 1.807) is 0 Å². The highest BCUT2D eigenvalue weighted by Crippen LogP contribution is 2.37. The molecule has 0 saturated carbocycles. The van der Waals surface area contributed by atoms with Crippen molar-refractivity contribution >= 4 is 35.0 Å². The van der Waals surface area contributed by atoms with Gasteiger partial charge < -0.3 is 15.4 Å². The Balaban J connectivity index is 1.77. The minimum atomic E-state index is -0.465. The van der Waals surface area contributed by atoms with Gasteiger partial charge in [-0.1, -0.05) is 57.2 Å². The minimum Gasteiger partial charge on any atom is -0.494 e. The van der Waals surface area contributed by atoms with Gasteiger partial charge in [0.25, 0.3) is 0 Å². The van der Waals surface area contributed by atoms with E-state index in [4.69, 9.17) is 4.74 Å². The lowest BCUT2D eigenvalue weighted by Gasteiger charge is -2.19. The average molecular weight is 477 g/mol. The maximum atomic E-state index is 13.3. The number of rotatable bonds is 9. The number of carbonyl (C=O) groups excluding carboxylic acids is 2. The molecule has 0 radical (unpaired) electrons. The van der Waals surface area contributed by atoms with Crippen LogP contribution in [0.25, 0.3) is 0 Å². The molecule has 0 aliphatic rings. The van der Waals surface area contributed by atoms with Gasteiger partial charge in [0.2, 0.25) is 11.8 Å². The van der Waals surface area contributed by atoms with Crippen molar-refractivity contribution in [2.24, 2.45) is 5.41 Å². The van der Waals surface area contributed by atoms with Crippen molar-refractivity contribution in [3.05, 3.63) is 84.4 Å². The zero-order chi connectivity index (χ0) is 24.6. The van der Waals surface area contributed by atoms with Crippen molar-refractivity contribution in [2.75, 3.05) is 17.2 Å². The summed E-state index contributed by atoms with van der Waals surface area (Å²) in [5.41, 5.74) is 2.24. The molecule has 178 valence electrons. The molecule has 2 amide bonds. The molecule has 0 aliphatic carbocycles. The van der Waals surface area contributed by atoms with Crippen LogP contribution in [-0.4, -0.2) is 18.4 Å². The first-order valence-corrected chi connectivity index (χ1v) is 12.3. The number of benzene rings is 3. The van der Waals surface area contributed by atoms with Gasteiger partial charge in [-0.3, -0.25) is 9.59 Å². The molecular formula is C28H32N2O3S. The maximum Gasteiger partial charge on any atom is 0.242 e. The smallest absolute Gasteiger partial charge is 0.242 e. The Hall–Kier alpha value is -3.25. The highest BCUT2D eigenvalue weighted by Gasteiger charge is 2.23. The number of thioether (sulfide) groups is 1. The van der Waals surface area contributed by atoms with Crippen LogP contribution in [0, 0.1) is 5.41 Å². The van der Waals surface area contributed by atoms with Gasteiger partial charge in [0.05, 0.1) is 6.61 Å². The van der Waals surface area contributed by atoms with E-state index >= 15 is 0 Å². The van der Waals surface area contributed by atoms with E-state index in [0.29, 0.717) is 18.7 Å². The lowest BCUT2D eigenvalue weighted by atomic mass is 9.92. The van der Waals surface area contributed by atoms with Crippen molar-refractivity contribution in [1.29, 1.82) is 0 Å². The van der Waals surface area contributed by atoms with E-state index in [0.717, 1.165) is 21.9 Å². The van der Waals surface area contributed by atoms with Gasteiger partial charge in [-0.2, -0.15) is 0 Å². The summed E-state index contributed by atoms with van der Waals surface area (Å²) >= 11 is 1.45. The predicted octanol–water partition coefficient (Wildman–Crippen LogP) is 6.93. The topological polar surface area (TPSA) is 67.4 Å². The Bertz CT molecular complexity index is 1090. The van der Waals surface area contributed by atoms with Gasteiger partial charge >= 0.3 is 0 Å². The summed E-state index contributed by atoms with van der Waals surface area (Å²) < 4.78 is 5.48. The average Bonchev–Trinajstić information content (AvgIpc) is 2.78. The third kappa shape index (κ3) is 7.96. The van der Waals surface area contributed by atoms with Crippen LogP contribution in [-0.2, 0) is 9.59 Å². The molecule has 0 heterocycles. The minimum absolute atomic E-state index is 0.0255. The summed E-state index contributed by atoms with van der Waals surface area (Å²) in [6.07, 6.45) is 0.432. The molecule has 0 bridgehead atoms. The first-order chi connectivity index (χ1) is 16.2. The molecule has 3 aromatic rings. The lowest BCUT2D eigenvalue weighted by molar-refractivity contribution is -0.118. The number of amides is 2. The Kier molecular flexibility index (Phi) is 8.77. The number of hydrogen-bond acceptors (Lipinski definition) is 4. The summed E-state index contributed by atoms with van der Waals surface area (Å²) in [5, 5.41) is 5.52. The molecule has 0 spiro atoms. The maximum absolute atomic E-state index is 13.3. The molecular weight excluding hydrogens is 444 g/mol. The summed E-state index contributed by atoms with van der Waals surface area (Å²) in [6, 6.07) is 24.6. The Morgan fingerprint density at radius 3 is 2.24 bits per heavy atom. The molecule has 0 aromatic heterocycles. The quantitative estimate of drug-likeness (QED) is 0.329. The second kappa shape index (κ2) is 11.7. The van der Waals surface area contributed by atoms with Crippen LogP contribution in [0.5, 0.6) is 5.75 Å². The number of ether oxygens (including phenoxy) is 1. The molecule has 0 fully saturated rings. The van der Waals surface area contributed by atoms with Gasteiger partial charge in [-0.05, 0) is 60.4 Å². The number of carbonyl (C=O) groups is 2. The number of nitrogens with one attached hydrogen (secondary N) is 2. The summed E-state index contributed by atoms with van der Waals surface area (Å²) in [4.78, 5) is 26.6. The van der Waals surface area contributed by atoms with Crippen molar-refractivity contribution in [2.45, 2.75) is 44.3 Å². The highest BCUT2D eigenvalue weighted by molar-refractivity contribution is 8.00. The summed E-state index contributed by atoms with van der Waals surface area (Å²) in [5.74, 6) is 0.616. The monoisotopic (exact) mass is 476 g/mol. The van der Waals surface area contributed by atoms with Crippen molar-refractivity contribution in [1.82, 2.24) is 0 Å². The van der Waals surface area contributed by atoms with Crippen LogP contribution >= 0.6 is 11.8 Å². The van der Waals surface area contributed by atoms with E-state index in [1.165, 1.54) is 11.8 Å². The van der Waals surface area contributed by atoms with Gasteiger partial charge in [-0.15, -0.1) is 11.8 Å². The molecule has 1 atom stereocenters. The third-order valence-corrected chi connectivity index (χ3v) is 6.08. The summed E-state index contributed by atoms with van der Waals surface area (Å²) in [7, 11) is 0. The normalized spacial score (nSPS) is 12.0. The molecule has 34 heavy (non-hydrogen) atoms. The number of hydrogen-bond donors (Lipinski definition) is 2. The molecule has 0 aliphatic heterocycles. The highest BCUT2D eigenvalue weighted by atomic mass is 32.2. The molecule has 6 heteroatoms. The fourth-order valence-corrected chi connectivity index (χ4v) is 4.46. The molecule has 0 saturated heterocycles. The Morgan fingerprint density at radius 1 is 0.882 bits per heavy atom. The van der Waals surface area contributed by atoms with Crippen LogP contribution in [0.1, 0.15) is 44.9 Å². The second-order valence-corrected chi connectivity index (χ2v) is 10.3. The molecule has 3 aromatic carbocycles. The van der Waals surface area contributed by atoms with Gasteiger partial charge in [0.1, 0.15) is 11.0 Å². The van der Waals surface area contributed by atoms with E-state index in [2.05, 4.69) is 10.6 Å². The second-order valence-electron chi connectivity index (χ2n) is 9.17. The molecule has 3 rings (SSSR count). The van der Waals surface area contributed by atoms with Crippen LogP contribution in [0.15, 0.2) is 83.8 Å². The van der Waals surface area contributed by atoms with Crippen LogP contribution < -0.4 is 15.4 Å². The zero-order valence-corrected chi connectivity index (χ0v) is 20.9.